The van der Waals surface area contributed by atoms with Crippen LogP contribution in [0.15, 0.2) is 42.6 Å². The van der Waals surface area contributed by atoms with Gasteiger partial charge in [0.25, 0.3) is 0 Å². The molecule has 3 N–H and O–H groups in total. The van der Waals surface area contributed by atoms with E-state index in [2.05, 4.69) is 10.3 Å². The second-order valence-corrected chi connectivity index (χ2v) is 17.3. The number of ketones is 2. The van der Waals surface area contributed by atoms with E-state index >= 15 is 0 Å². The average molecular weight is 825 g/mol. The minimum absolute atomic E-state index is 0.0838. The van der Waals surface area contributed by atoms with Crippen molar-refractivity contribution in [2.75, 3.05) is 33.5 Å². The SMILES string of the molecule is CC[C@H]1OC(=O)[C@H](C)C(=O)[C@H](C)[C@@H](O[C@@H]2O[C@H](C)CC(N(C)C)C2O)[C@](C)(OC)C[C@@H](C)C(=O)[C@H](C)[C@H]2N(C/C=C\Cn3cc(-c4cccc(N)c4)nn3)C(=O)O[C@]12C. The standard InChI is InChI=1S/C43H64N6O10/c1-12-33-43(8)37(49(41(54)59-43)19-14-13-18-48-23-31(45-46-48)29-16-15-17-30(44)21-29)26(4)34(50)24(2)22-42(7,55-11)38(27(5)35(51)28(6)39(53)57-33)58-40-36(52)32(47(9)10)20-25(3)56-40/h13-17,21,23-28,32-33,36-38,40,52H,12,18-20,22,44H2,1-11H3/b14-13-/t24-,25-,26+,27+,28-,32?,33-,36?,37-,38-,40+,42-,43-/m1/s1. The van der Waals surface area contributed by atoms with Gasteiger partial charge in [0.15, 0.2) is 17.7 Å². The van der Waals surface area contributed by atoms with E-state index in [0.29, 0.717) is 24.3 Å². The monoisotopic (exact) mass is 824 g/mol. The van der Waals surface area contributed by atoms with Crippen LogP contribution in [0.25, 0.3) is 11.3 Å². The lowest BCUT2D eigenvalue weighted by Crippen LogP contribution is -2.60. The van der Waals surface area contributed by atoms with Crippen molar-refractivity contribution in [3.8, 4) is 11.3 Å². The summed E-state index contributed by atoms with van der Waals surface area (Å²) in [5.74, 6) is -5.15. The van der Waals surface area contributed by atoms with E-state index in [4.69, 9.17) is 29.4 Å². The molecule has 3 fully saturated rings. The van der Waals surface area contributed by atoms with Gasteiger partial charge in [-0.05, 0) is 73.2 Å². The number of anilines is 1. The van der Waals surface area contributed by atoms with Crippen molar-refractivity contribution < 1.29 is 48.0 Å². The number of aromatic nitrogens is 3. The number of nitrogens with two attached hydrogens (primary N) is 1. The number of nitrogen functional groups attached to an aromatic ring is 1. The number of aliphatic hydroxyl groups is 1. The van der Waals surface area contributed by atoms with E-state index in [9.17, 15) is 24.3 Å². The topological polar surface area (TPSA) is 198 Å². The normalized spacial score (nSPS) is 36.4. The number of hydrogen-bond acceptors (Lipinski definition) is 14. The third-order valence-corrected chi connectivity index (χ3v) is 12.6. The van der Waals surface area contributed by atoms with Gasteiger partial charge in [-0.3, -0.25) is 19.3 Å². The maximum absolute atomic E-state index is 14.7. The number of fused-ring (bicyclic) bond motifs is 1. The predicted molar refractivity (Wildman–Crippen MR) is 219 cm³/mol. The Bertz CT molecular complexity index is 1850. The molecule has 3 aliphatic heterocycles. The lowest BCUT2D eigenvalue weighted by molar-refractivity contribution is -0.295. The third kappa shape index (κ3) is 9.57. The molecule has 16 heteroatoms. The third-order valence-electron chi connectivity index (χ3n) is 12.6. The number of benzene rings is 1. The molecule has 0 bridgehead atoms. The van der Waals surface area contributed by atoms with Crippen LogP contribution in [0.4, 0.5) is 10.5 Å². The zero-order valence-electron chi connectivity index (χ0n) is 36.4. The molecule has 0 saturated carbocycles. The van der Waals surface area contributed by atoms with Crippen molar-refractivity contribution in [1.82, 2.24) is 24.8 Å². The Kier molecular flexibility index (Phi) is 14.4. The van der Waals surface area contributed by atoms with Gasteiger partial charge < -0.3 is 39.4 Å². The number of esters is 1. The highest BCUT2D eigenvalue weighted by Gasteiger charge is 2.60. The van der Waals surface area contributed by atoms with E-state index in [1.807, 2.05) is 50.2 Å². The first-order chi connectivity index (χ1) is 27.8. The van der Waals surface area contributed by atoms with Gasteiger partial charge in [-0.1, -0.05) is 57.2 Å². The molecule has 0 spiro atoms. The first-order valence-electron chi connectivity index (χ1n) is 20.6. The Balaban J connectivity index is 1.46. The van der Waals surface area contributed by atoms with Gasteiger partial charge in [-0.2, -0.15) is 0 Å². The molecule has 0 aliphatic carbocycles. The van der Waals surface area contributed by atoms with E-state index in [-0.39, 0.29) is 37.3 Å². The molecule has 0 radical (unpaired) electrons. The van der Waals surface area contributed by atoms with Crippen LogP contribution in [0.1, 0.15) is 74.7 Å². The number of likely N-dealkylation sites (N-methyl/N-ethyl adjacent to an activating group) is 1. The lowest BCUT2D eigenvalue weighted by Gasteiger charge is -2.47. The van der Waals surface area contributed by atoms with Crippen LogP contribution < -0.4 is 5.73 Å². The summed E-state index contributed by atoms with van der Waals surface area (Å²) in [6.45, 7) is 14.2. The molecule has 13 atom stereocenters. The van der Waals surface area contributed by atoms with Crippen LogP contribution in [0.3, 0.4) is 0 Å². The number of cyclic esters (lactones) is 1. The molecule has 59 heavy (non-hydrogen) atoms. The van der Waals surface area contributed by atoms with Crippen LogP contribution >= 0.6 is 0 Å². The van der Waals surface area contributed by atoms with Crippen molar-refractivity contribution >= 4 is 29.3 Å². The highest BCUT2D eigenvalue weighted by molar-refractivity contribution is 6.00. The van der Waals surface area contributed by atoms with Gasteiger partial charge in [0.05, 0.1) is 36.6 Å². The second-order valence-electron chi connectivity index (χ2n) is 17.3. The van der Waals surface area contributed by atoms with E-state index in [1.54, 1.807) is 64.6 Å². The smallest absolute Gasteiger partial charge is 0.411 e. The summed E-state index contributed by atoms with van der Waals surface area (Å²) in [5.41, 5.74) is 5.30. The van der Waals surface area contributed by atoms with Gasteiger partial charge >= 0.3 is 12.1 Å². The van der Waals surface area contributed by atoms with E-state index in [0.717, 1.165) is 5.56 Å². The van der Waals surface area contributed by atoms with Gasteiger partial charge in [-0.25, -0.2) is 9.48 Å². The number of amides is 1. The molecule has 1 amide bonds. The fourth-order valence-electron chi connectivity index (χ4n) is 9.26. The first kappa shape index (κ1) is 45.9. The number of carbonyl (C=O) groups excluding carboxylic acids is 4. The van der Waals surface area contributed by atoms with Gasteiger partial charge in [0.1, 0.15) is 29.6 Å². The fourth-order valence-corrected chi connectivity index (χ4v) is 9.26. The Morgan fingerprint density at radius 3 is 2.37 bits per heavy atom. The number of methoxy groups -OCH3 is 1. The van der Waals surface area contributed by atoms with E-state index < -0.39 is 83.4 Å². The van der Waals surface area contributed by atoms with Crippen molar-refractivity contribution in [3.05, 3.63) is 42.6 Å². The average Bonchev–Trinajstić information content (AvgIpc) is 3.77. The molecule has 4 heterocycles. The maximum atomic E-state index is 14.7. The fraction of sp³-hybridized carbons (Fsp3) is 0.674. The Hall–Kier alpha value is -4.22. The first-order valence-corrected chi connectivity index (χ1v) is 20.6. The minimum atomic E-state index is -1.45. The number of hydrogen-bond donors (Lipinski definition) is 2. The molecule has 3 aliphatic rings. The number of nitrogens with zero attached hydrogens (tertiary/aromatic N) is 5. The van der Waals surface area contributed by atoms with Crippen molar-refractivity contribution in [1.29, 1.82) is 0 Å². The highest BCUT2D eigenvalue weighted by Crippen LogP contribution is 2.43. The van der Waals surface area contributed by atoms with Crippen molar-refractivity contribution in [2.24, 2.45) is 23.7 Å². The molecule has 326 valence electrons. The largest absolute Gasteiger partial charge is 0.458 e. The van der Waals surface area contributed by atoms with Crippen LogP contribution in [0.2, 0.25) is 0 Å². The van der Waals surface area contributed by atoms with Crippen molar-refractivity contribution in [3.63, 3.8) is 0 Å². The highest BCUT2D eigenvalue weighted by atomic mass is 16.7. The molecule has 16 nitrogen and oxygen atoms in total. The molecular formula is C43H64N6O10. The van der Waals surface area contributed by atoms with E-state index in [1.165, 1.54) is 18.9 Å². The summed E-state index contributed by atoms with van der Waals surface area (Å²) >= 11 is 0. The predicted octanol–water partition coefficient (Wildman–Crippen LogP) is 4.29. The van der Waals surface area contributed by atoms with Gasteiger partial charge in [0, 0.05) is 48.7 Å². The summed E-state index contributed by atoms with van der Waals surface area (Å²) in [6, 6.07) is 6.20. The molecule has 2 aromatic rings. The van der Waals surface area contributed by atoms with Crippen LogP contribution in [-0.4, -0.2) is 135 Å². The second kappa shape index (κ2) is 18.6. The molecule has 5 rings (SSSR count). The number of Topliss-reactive ketones (excluding diaryl/α,β-unsaturated/α-hetero) is 2. The Labute approximate surface area is 347 Å². The zero-order chi connectivity index (χ0) is 43.6. The molecule has 1 aromatic heterocycles. The number of rotatable bonds is 10. The number of ether oxygens (including phenoxy) is 5. The number of allylic oxidation sites excluding steroid dienone is 1. The van der Waals surface area contributed by atoms with Crippen LogP contribution in [-0.2, 0) is 44.6 Å². The Morgan fingerprint density at radius 2 is 1.73 bits per heavy atom. The number of carbonyl (C=O) groups is 4. The number of aliphatic hydroxyl groups excluding tert-OH is 1. The summed E-state index contributed by atoms with van der Waals surface area (Å²) in [4.78, 5) is 60.2. The molecule has 3 saturated heterocycles. The zero-order valence-corrected chi connectivity index (χ0v) is 36.4. The molecule has 2 unspecified atom stereocenters. The van der Waals surface area contributed by atoms with Crippen LogP contribution in [0.5, 0.6) is 0 Å². The molecular weight excluding hydrogens is 761 g/mol. The summed E-state index contributed by atoms with van der Waals surface area (Å²) in [5, 5.41) is 19.9. The van der Waals surface area contributed by atoms with Crippen LogP contribution in [0, 0.1) is 23.7 Å². The molecule has 1 aromatic carbocycles. The Morgan fingerprint density at radius 1 is 1.03 bits per heavy atom. The lowest BCUT2D eigenvalue weighted by atomic mass is 9.73. The summed E-state index contributed by atoms with van der Waals surface area (Å²) in [6.07, 6.45) is 1.14. The minimum Gasteiger partial charge on any atom is -0.458 e. The quantitative estimate of drug-likeness (QED) is 0.149. The summed E-state index contributed by atoms with van der Waals surface area (Å²) in [7, 11) is 5.21. The maximum Gasteiger partial charge on any atom is 0.411 e. The van der Waals surface area contributed by atoms with Gasteiger partial charge in [-0.15, -0.1) is 5.10 Å². The van der Waals surface area contributed by atoms with Crippen molar-refractivity contribution in [2.45, 2.75) is 135 Å². The summed E-state index contributed by atoms with van der Waals surface area (Å²) < 4.78 is 32.8. The van der Waals surface area contributed by atoms with Gasteiger partial charge in [0.2, 0.25) is 0 Å².